The molecule has 0 saturated carbocycles. The van der Waals surface area contributed by atoms with Gasteiger partial charge in [0.2, 0.25) is 0 Å². The van der Waals surface area contributed by atoms with Gasteiger partial charge in [0.05, 0.1) is 6.67 Å². The summed E-state index contributed by atoms with van der Waals surface area (Å²) in [6.07, 6.45) is 4.06. The van der Waals surface area contributed by atoms with Gasteiger partial charge in [0.1, 0.15) is 0 Å². The van der Waals surface area contributed by atoms with E-state index in [0.29, 0.717) is 0 Å². The molecule has 0 unspecified atom stereocenters. The predicted octanol–water partition coefficient (Wildman–Crippen LogP) is -0.107. The molecule has 0 radical (unpaired) electrons. The van der Waals surface area contributed by atoms with Gasteiger partial charge in [0, 0.05) is 0 Å². The number of nitrogens with one attached hydrogen (secondary N) is 1. The lowest BCUT2D eigenvalue weighted by Crippen LogP contribution is -2.40. The fourth-order valence-corrected chi connectivity index (χ4v) is 1.25. The normalized spacial score (nSPS) is 22.3. The third-order valence-corrected chi connectivity index (χ3v) is 1.76. The van der Waals surface area contributed by atoms with Gasteiger partial charge in [-0.2, -0.15) is 0 Å². The maximum absolute atomic E-state index is 5.17. The highest BCUT2D eigenvalue weighted by atomic mass is 15.3. The Morgan fingerprint density at radius 1 is 1.22 bits per heavy atom. The summed E-state index contributed by atoms with van der Waals surface area (Å²) in [6, 6.07) is 0. The van der Waals surface area contributed by atoms with Crippen molar-refractivity contribution in [1.82, 2.24) is 10.3 Å². The van der Waals surface area contributed by atoms with E-state index in [-0.39, 0.29) is 0 Å². The molecule has 54 valence electrons. The van der Waals surface area contributed by atoms with Crippen molar-refractivity contribution in [1.29, 1.82) is 0 Å². The number of likely N-dealkylation sites (tertiary alicyclic amines) is 1. The van der Waals surface area contributed by atoms with Crippen molar-refractivity contribution in [3.8, 4) is 0 Å². The average Bonchev–Trinajstić information content (AvgIpc) is 1.91. The molecule has 9 heavy (non-hydrogen) atoms. The third kappa shape index (κ3) is 2.30. The summed E-state index contributed by atoms with van der Waals surface area (Å²) in [5, 5.41) is 0. The smallest absolute Gasteiger partial charge is 0.0612 e. The van der Waals surface area contributed by atoms with Crippen LogP contribution in [-0.2, 0) is 0 Å². The minimum atomic E-state index is 0.847. The number of nitrogens with two attached hydrogens (primary N) is 1. The molecule has 1 aliphatic heterocycles. The first kappa shape index (κ1) is 6.99. The van der Waals surface area contributed by atoms with Crippen LogP contribution < -0.4 is 11.3 Å². The highest BCUT2D eigenvalue weighted by Crippen LogP contribution is 2.06. The van der Waals surface area contributed by atoms with Gasteiger partial charge in [-0.15, -0.1) is 0 Å². The molecule has 0 atom stereocenters. The topological polar surface area (TPSA) is 41.3 Å². The van der Waals surface area contributed by atoms with Gasteiger partial charge in [-0.3, -0.25) is 10.7 Å². The Labute approximate surface area is 56.2 Å². The Balaban J connectivity index is 2.08. The van der Waals surface area contributed by atoms with Crippen LogP contribution in [0.15, 0.2) is 0 Å². The number of hydrazine groups is 1. The molecular formula is C6H15N3. The van der Waals surface area contributed by atoms with Crippen LogP contribution in [0.2, 0.25) is 0 Å². The molecule has 1 rings (SSSR count). The van der Waals surface area contributed by atoms with Crippen molar-refractivity contribution in [2.75, 3.05) is 19.8 Å². The lowest BCUT2D eigenvalue weighted by molar-refractivity contribution is 0.213. The first-order chi connectivity index (χ1) is 4.43. The molecule has 0 aromatic rings. The maximum atomic E-state index is 5.17. The van der Waals surface area contributed by atoms with Gasteiger partial charge in [-0.25, -0.2) is 5.43 Å². The van der Waals surface area contributed by atoms with Gasteiger partial charge in [-0.1, -0.05) is 6.42 Å². The SMILES string of the molecule is NNCN1CCCCC1. The second kappa shape index (κ2) is 3.82. The van der Waals surface area contributed by atoms with E-state index in [0.717, 1.165) is 6.67 Å². The summed E-state index contributed by atoms with van der Waals surface area (Å²) in [6.45, 7) is 3.27. The van der Waals surface area contributed by atoms with Crippen LogP contribution >= 0.6 is 0 Å². The molecule has 3 heteroatoms. The second-order valence-corrected chi connectivity index (χ2v) is 2.54. The first-order valence-electron chi connectivity index (χ1n) is 3.59. The molecule has 0 aliphatic carbocycles. The summed E-state index contributed by atoms with van der Waals surface area (Å²) in [5.41, 5.74) is 2.66. The van der Waals surface area contributed by atoms with Crippen LogP contribution in [0.5, 0.6) is 0 Å². The van der Waals surface area contributed by atoms with E-state index in [1.807, 2.05) is 0 Å². The van der Waals surface area contributed by atoms with E-state index in [1.165, 1.54) is 32.4 Å². The molecule has 1 aliphatic rings. The standard InChI is InChI=1S/C6H15N3/c7-8-6-9-4-2-1-3-5-9/h8H,1-7H2. The Bertz CT molecular complexity index is 65.9. The van der Waals surface area contributed by atoms with Crippen molar-refractivity contribution in [3.63, 3.8) is 0 Å². The summed E-state index contributed by atoms with van der Waals surface area (Å²) in [4.78, 5) is 2.34. The van der Waals surface area contributed by atoms with Gasteiger partial charge < -0.3 is 0 Å². The maximum Gasteiger partial charge on any atom is 0.0612 e. The molecule has 1 heterocycles. The minimum absolute atomic E-state index is 0.847. The third-order valence-electron chi connectivity index (χ3n) is 1.76. The van der Waals surface area contributed by atoms with Crippen molar-refractivity contribution < 1.29 is 0 Å². The van der Waals surface area contributed by atoms with Crippen molar-refractivity contribution in [2.24, 2.45) is 5.84 Å². The Morgan fingerprint density at radius 3 is 2.44 bits per heavy atom. The van der Waals surface area contributed by atoms with E-state index in [9.17, 15) is 0 Å². The molecule has 3 N–H and O–H groups in total. The van der Waals surface area contributed by atoms with E-state index in [1.54, 1.807) is 0 Å². The zero-order valence-corrected chi connectivity index (χ0v) is 5.77. The van der Waals surface area contributed by atoms with Crippen LogP contribution in [-0.4, -0.2) is 24.7 Å². The number of nitrogens with zero attached hydrogens (tertiary/aromatic N) is 1. The zero-order chi connectivity index (χ0) is 6.53. The van der Waals surface area contributed by atoms with Crippen LogP contribution in [0.3, 0.4) is 0 Å². The van der Waals surface area contributed by atoms with Crippen molar-refractivity contribution in [3.05, 3.63) is 0 Å². The van der Waals surface area contributed by atoms with Crippen LogP contribution in [0.1, 0.15) is 19.3 Å². The summed E-state index contributed by atoms with van der Waals surface area (Å²) >= 11 is 0. The van der Waals surface area contributed by atoms with Crippen LogP contribution in [0.25, 0.3) is 0 Å². The lowest BCUT2D eigenvalue weighted by atomic mass is 10.1. The van der Waals surface area contributed by atoms with Crippen LogP contribution in [0.4, 0.5) is 0 Å². The number of hydrogen-bond acceptors (Lipinski definition) is 3. The number of rotatable bonds is 2. The zero-order valence-electron chi connectivity index (χ0n) is 5.77. The molecule has 1 saturated heterocycles. The van der Waals surface area contributed by atoms with Crippen molar-refractivity contribution >= 4 is 0 Å². The van der Waals surface area contributed by atoms with Crippen molar-refractivity contribution in [2.45, 2.75) is 19.3 Å². The predicted molar refractivity (Wildman–Crippen MR) is 37.6 cm³/mol. The molecular weight excluding hydrogens is 114 g/mol. The molecule has 3 nitrogen and oxygen atoms in total. The highest BCUT2D eigenvalue weighted by molar-refractivity contribution is 4.61. The van der Waals surface area contributed by atoms with Gasteiger partial charge in [-0.05, 0) is 25.9 Å². The largest absolute Gasteiger partial charge is 0.290 e. The fraction of sp³-hybridized carbons (Fsp3) is 1.00. The second-order valence-electron chi connectivity index (χ2n) is 2.54. The highest BCUT2D eigenvalue weighted by Gasteiger charge is 2.07. The summed E-state index contributed by atoms with van der Waals surface area (Å²) in [5.74, 6) is 5.17. The van der Waals surface area contributed by atoms with E-state index >= 15 is 0 Å². The molecule has 0 aromatic carbocycles. The Morgan fingerprint density at radius 2 is 1.89 bits per heavy atom. The quantitative estimate of drug-likeness (QED) is 0.404. The summed E-state index contributed by atoms with van der Waals surface area (Å²) < 4.78 is 0. The molecule has 1 fully saturated rings. The summed E-state index contributed by atoms with van der Waals surface area (Å²) in [7, 11) is 0. The Kier molecular flexibility index (Phi) is 2.97. The lowest BCUT2D eigenvalue weighted by Gasteiger charge is -2.25. The monoisotopic (exact) mass is 129 g/mol. The molecule has 0 bridgehead atoms. The molecule has 0 spiro atoms. The molecule has 0 aromatic heterocycles. The molecule has 0 amide bonds. The van der Waals surface area contributed by atoms with E-state index in [4.69, 9.17) is 5.84 Å². The minimum Gasteiger partial charge on any atom is -0.290 e. The van der Waals surface area contributed by atoms with Crippen LogP contribution in [0, 0.1) is 0 Å². The number of piperidine rings is 1. The average molecular weight is 129 g/mol. The fourth-order valence-electron chi connectivity index (χ4n) is 1.25. The van der Waals surface area contributed by atoms with E-state index < -0.39 is 0 Å². The van der Waals surface area contributed by atoms with Gasteiger partial charge in [0.15, 0.2) is 0 Å². The first-order valence-corrected chi connectivity index (χ1v) is 3.59. The van der Waals surface area contributed by atoms with Gasteiger partial charge in [0.25, 0.3) is 0 Å². The Hall–Kier alpha value is -0.120. The van der Waals surface area contributed by atoms with Gasteiger partial charge >= 0.3 is 0 Å². The van der Waals surface area contributed by atoms with E-state index in [2.05, 4.69) is 10.3 Å². The number of hydrogen-bond donors (Lipinski definition) is 2.